The van der Waals surface area contributed by atoms with Gasteiger partial charge in [-0.15, -0.1) is 0 Å². The Bertz CT molecular complexity index is 714. The SMILES string of the molecule is Nc1c(OCCOc2cccc([N+](=O)[O-])c2N)cccc1[N+](=O)[O-]. The lowest BCUT2D eigenvalue weighted by Crippen LogP contribution is -2.11. The fraction of sp³-hybridized carbons (Fsp3) is 0.143. The van der Waals surface area contributed by atoms with Crippen molar-refractivity contribution in [3.8, 4) is 11.5 Å². The molecular weight excluding hydrogens is 320 g/mol. The van der Waals surface area contributed by atoms with E-state index in [-0.39, 0.29) is 47.5 Å². The van der Waals surface area contributed by atoms with Crippen molar-refractivity contribution >= 4 is 22.7 Å². The number of ether oxygens (including phenoxy) is 2. The molecule has 2 aromatic carbocycles. The summed E-state index contributed by atoms with van der Waals surface area (Å²) < 4.78 is 10.7. The molecule has 0 aliphatic carbocycles. The van der Waals surface area contributed by atoms with E-state index in [9.17, 15) is 20.2 Å². The molecule has 24 heavy (non-hydrogen) atoms. The predicted octanol–water partition coefficient (Wildman–Crippen LogP) is 2.13. The zero-order valence-corrected chi connectivity index (χ0v) is 12.4. The Kier molecular flexibility index (Phi) is 5.00. The van der Waals surface area contributed by atoms with Gasteiger partial charge in [0.2, 0.25) is 0 Å². The van der Waals surface area contributed by atoms with Crippen LogP contribution in [0.15, 0.2) is 36.4 Å². The Hall–Kier alpha value is -3.56. The Morgan fingerprint density at radius 3 is 1.50 bits per heavy atom. The van der Waals surface area contributed by atoms with E-state index in [0.29, 0.717) is 0 Å². The monoisotopic (exact) mass is 334 g/mol. The normalized spacial score (nSPS) is 10.2. The summed E-state index contributed by atoms with van der Waals surface area (Å²) in [5.74, 6) is 0.305. The quantitative estimate of drug-likeness (QED) is 0.337. The molecule has 4 N–H and O–H groups in total. The first-order valence-electron chi connectivity index (χ1n) is 6.73. The average molecular weight is 334 g/mol. The van der Waals surface area contributed by atoms with Gasteiger partial charge in [0.05, 0.1) is 9.85 Å². The molecule has 2 rings (SSSR count). The third-order valence-electron chi connectivity index (χ3n) is 3.08. The summed E-state index contributed by atoms with van der Waals surface area (Å²) in [6.45, 7) is 0.0427. The first-order valence-corrected chi connectivity index (χ1v) is 6.73. The molecule has 10 heteroatoms. The van der Waals surface area contributed by atoms with Gasteiger partial charge < -0.3 is 20.9 Å². The molecular formula is C14H14N4O6. The molecule has 0 heterocycles. The van der Waals surface area contributed by atoms with Crippen LogP contribution in [0.25, 0.3) is 0 Å². The van der Waals surface area contributed by atoms with Gasteiger partial charge in [-0.1, -0.05) is 12.1 Å². The first-order chi connectivity index (χ1) is 11.4. The molecule has 2 aromatic rings. The second-order valence-corrected chi connectivity index (χ2v) is 4.59. The number of nitro groups is 2. The lowest BCUT2D eigenvalue weighted by Gasteiger charge is -2.11. The van der Waals surface area contributed by atoms with E-state index in [1.165, 1.54) is 36.4 Å². The van der Waals surface area contributed by atoms with E-state index in [1.54, 1.807) is 0 Å². The summed E-state index contributed by atoms with van der Waals surface area (Å²) in [5.41, 5.74) is 10.6. The third kappa shape index (κ3) is 3.61. The lowest BCUT2D eigenvalue weighted by molar-refractivity contribution is -0.384. The number of nitrogen functional groups attached to an aromatic ring is 2. The van der Waals surface area contributed by atoms with Crippen molar-refractivity contribution in [2.75, 3.05) is 24.7 Å². The van der Waals surface area contributed by atoms with E-state index < -0.39 is 9.85 Å². The van der Waals surface area contributed by atoms with Gasteiger partial charge in [-0.05, 0) is 12.1 Å². The fourth-order valence-corrected chi connectivity index (χ4v) is 1.94. The van der Waals surface area contributed by atoms with Gasteiger partial charge in [0.15, 0.2) is 11.4 Å². The number of para-hydroxylation sites is 2. The molecule has 0 aliphatic rings. The van der Waals surface area contributed by atoms with Crippen molar-refractivity contribution in [3.05, 3.63) is 56.6 Å². The predicted molar refractivity (Wildman–Crippen MR) is 86.0 cm³/mol. The van der Waals surface area contributed by atoms with Crippen LogP contribution in [0.3, 0.4) is 0 Å². The zero-order chi connectivity index (χ0) is 17.7. The van der Waals surface area contributed by atoms with Crippen LogP contribution < -0.4 is 20.9 Å². The Morgan fingerprint density at radius 2 is 1.17 bits per heavy atom. The van der Waals surface area contributed by atoms with Gasteiger partial charge in [0, 0.05) is 12.1 Å². The smallest absolute Gasteiger partial charge is 0.295 e. The van der Waals surface area contributed by atoms with Crippen molar-refractivity contribution in [1.29, 1.82) is 0 Å². The molecule has 0 bridgehead atoms. The maximum absolute atomic E-state index is 10.8. The molecule has 10 nitrogen and oxygen atoms in total. The van der Waals surface area contributed by atoms with Gasteiger partial charge in [-0.25, -0.2) is 0 Å². The number of nitrogens with zero attached hydrogens (tertiary/aromatic N) is 2. The molecule has 126 valence electrons. The third-order valence-corrected chi connectivity index (χ3v) is 3.08. The van der Waals surface area contributed by atoms with Crippen LogP contribution in [0.2, 0.25) is 0 Å². The molecule has 0 radical (unpaired) electrons. The van der Waals surface area contributed by atoms with Crippen LogP contribution >= 0.6 is 0 Å². The number of rotatable bonds is 7. The van der Waals surface area contributed by atoms with Crippen LogP contribution in [-0.4, -0.2) is 23.1 Å². The van der Waals surface area contributed by atoms with Crippen LogP contribution in [0.1, 0.15) is 0 Å². The molecule has 0 saturated carbocycles. The highest BCUT2D eigenvalue weighted by Crippen LogP contribution is 2.32. The summed E-state index contributed by atoms with van der Waals surface area (Å²) in [6, 6.07) is 8.41. The van der Waals surface area contributed by atoms with E-state index >= 15 is 0 Å². The zero-order valence-electron chi connectivity index (χ0n) is 12.4. The lowest BCUT2D eigenvalue weighted by atomic mass is 10.2. The molecule has 0 aliphatic heterocycles. The second kappa shape index (κ2) is 7.13. The molecule has 0 amide bonds. The average Bonchev–Trinajstić information content (AvgIpc) is 2.53. The summed E-state index contributed by atoms with van der Waals surface area (Å²) >= 11 is 0. The summed E-state index contributed by atoms with van der Waals surface area (Å²) in [5, 5.41) is 21.6. The Morgan fingerprint density at radius 1 is 0.792 bits per heavy atom. The number of nitrogens with two attached hydrogens (primary N) is 2. The molecule has 0 fully saturated rings. The maximum atomic E-state index is 10.8. The van der Waals surface area contributed by atoms with E-state index in [1.807, 2.05) is 0 Å². The topological polar surface area (TPSA) is 157 Å². The fourth-order valence-electron chi connectivity index (χ4n) is 1.94. The molecule has 0 saturated heterocycles. The Balaban J connectivity index is 1.97. The standard InChI is InChI=1S/C14H14N4O6/c15-13-9(17(19)20)3-1-5-11(13)23-7-8-24-12-6-2-4-10(14(12)16)18(21)22/h1-6H,7-8,15-16H2. The molecule has 0 spiro atoms. The van der Waals surface area contributed by atoms with Gasteiger partial charge in [0.1, 0.15) is 24.7 Å². The maximum Gasteiger partial charge on any atom is 0.295 e. The Labute approximate surface area is 135 Å². The molecule has 0 atom stereocenters. The van der Waals surface area contributed by atoms with Crippen molar-refractivity contribution in [1.82, 2.24) is 0 Å². The van der Waals surface area contributed by atoms with Gasteiger partial charge >= 0.3 is 0 Å². The van der Waals surface area contributed by atoms with E-state index in [0.717, 1.165) is 0 Å². The van der Waals surface area contributed by atoms with Crippen LogP contribution in [0.4, 0.5) is 22.7 Å². The highest BCUT2D eigenvalue weighted by Gasteiger charge is 2.16. The minimum atomic E-state index is -0.609. The van der Waals surface area contributed by atoms with Crippen LogP contribution in [0.5, 0.6) is 11.5 Å². The van der Waals surface area contributed by atoms with Crippen molar-refractivity contribution in [2.45, 2.75) is 0 Å². The van der Waals surface area contributed by atoms with Gasteiger partial charge in [-0.3, -0.25) is 20.2 Å². The summed E-state index contributed by atoms with van der Waals surface area (Å²) in [4.78, 5) is 20.4. The number of hydrogen-bond donors (Lipinski definition) is 2. The minimum Gasteiger partial charge on any atom is -0.488 e. The van der Waals surface area contributed by atoms with Crippen LogP contribution in [0, 0.1) is 20.2 Å². The number of benzene rings is 2. The molecule has 0 aromatic heterocycles. The number of nitro benzene ring substituents is 2. The number of anilines is 2. The van der Waals surface area contributed by atoms with Crippen molar-refractivity contribution in [2.24, 2.45) is 0 Å². The van der Waals surface area contributed by atoms with Crippen LogP contribution in [-0.2, 0) is 0 Å². The number of hydrogen-bond acceptors (Lipinski definition) is 8. The summed E-state index contributed by atoms with van der Waals surface area (Å²) in [7, 11) is 0. The minimum absolute atomic E-state index is 0.0213. The largest absolute Gasteiger partial charge is 0.488 e. The first kappa shape index (κ1) is 16.8. The van der Waals surface area contributed by atoms with Gasteiger partial charge in [0.25, 0.3) is 11.4 Å². The van der Waals surface area contributed by atoms with E-state index in [2.05, 4.69) is 0 Å². The second-order valence-electron chi connectivity index (χ2n) is 4.59. The van der Waals surface area contributed by atoms with Gasteiger partial charge in [-0.2, -0.15) is 0 Å². The highest BCUT2D eigenvalue weighted by molar-refractivity contribution is 5.67. The van der Waals surface area contributed by atoms with Crippen molar-refractivity contribution in [3.63, 3.8) is 0 Å². The highest BCUT2D eigenvalue weighted by atomic mass is 16.6. The van der Waals surface area contributed by atoms with E-state index in [4.69, 9.17) is 20.9 Å². The summed E-state index contributed by atoms with van der Waals surface area (Å²) in [6.07, 6.45) is 0. The molecule has 0 unspecified atom stereocenters. The van der Waals surface area contributed by atoms with Crippen molar-refractivity contribution < 1.29 is 19.3 Å².